The zero-order valence-corrected chi connectivity index (χ0v) is 17.7. The number of hydrogen-bond acceptors (Lipinski definition) is 6. The summed E-state index contributed by atoms with van der Waals surface area (Å²) < 4.78 is 0. The van der Waals surface area contributed by atoms with Gasteiger partial charge in [-0.2, -0.15) is 0 Å². The fourth-order valence-electron chi connectivity index (χ4n) is 4.27. The SMILES string of the molecule is Cc1cc(N2CCN(C(=O)CC3=CSC4=NCCN34)CC2)nc2c(C)cccc12. The van der Waals surface area contributed by atoms with Gasteiger partial charge in [-0.1, -0.05) is 30.0 Å². The van der Waals surface area contributed by atoms with Gasteiger partial charge in [-0.25, -0.2) is 4.98 Å². The molecule has 7 heteroatoms. The number of aryl methyl sites for hydroxylation is 2. The molecule has 1 fully saturated rings. The maximum atomic E-state index is 12.8. The van der Waals surface area contributed by atoms with Gasteiger partial charge in [0.15, 0.2) is 5.17 Å². The van der Waals surface area contributed by atoms with Gasteiger partial charge in [-0.05, 0) is 36.4 Å². The van der Waals surface area contributed by atoms with Gasteiger partial charge < -0.3 is 14.7 Å². The van der Waals surface area contributed by atoms with E-state index in [0.717, 1.165) is 61.5 Å². The molecule has 0 N–H and O–H groups in total. The Morgan fingerprint density at radius 3 is 2.76 bits per heavy atom. The molecule has 0 radical (unpaired) electrons. The first-order valence-corrected chi connectivity index (χ1v) is 11.1. The van der Waals surface area contributed by atoms with Crippen molar-refractivity contribution in [2.75, 3.05) is 44.2 Å². The molecule has 3 aliphatic rings. The predicted molar refractivity (Wildman–Crippen MR) is 119 cm³/mol. The number of thioether (sulfide) groups is 1. The Morgan fingerprint density at radius 2 is 1.93 bits per heavy atom. The molecule has 6 nitrogen and oxygen atoms in total. The van der Waals surface area contributed by atoms with Gasteiger partial charge in [-0.15, -0.1) is 0 Å². The Bertz CT molecular complexity index is 1040. The number of para-hydroxylation sites is 1. The van der Waals surface area contributed by atoms with Crippen LogP contribution in [0.4, 0.5) is 5.82 Å². The number of amidine groups is 1. The van der Waals surface area contributed by atoms with Crippen molar-refractivity contribution in [2.24, 2.45) is 4.99 Å². The number of hydrogen-bond donors (Lipinski definition) is 0. The number of amides is 1. The molecule has 1 aromatic carbocycles. The van der Waals surface area contributed by atoms with Crippen LogP contribution < -0.4 is 4.90 Å². The van der Waals surface area contributed by atoms with Crippen molar-refractivity contribution in [2.45, 2.75) is 20.3 Å². The number of anilines is 1. The van der Waals surface area contributed by atoms with E-state index in [1.54, 1.807) is 11.8 Å². The molecule has 4 heterocycles. The maximum absolute atomic E-state index is 12.8. The lowest BCUT2D eigenvalue weighted by Crippen LogP contribution is -2.49. The van der Waals surface area contributed by atoms with Crippen LogP contribution in [0.1, 0.15) is 17.5 Å². The van der Waals surface area contributed by atoms with Gasteiger partial charge in [-0.3, -0.25) is 9.79 Å². The summed E-state index contributed by atoms with van der Waals surface area (Å²) in [6.45, 7) is 9.13. The van der Waals surface area contributed by atoms with Gasteiger partial charge in [0.2, 0.25) is 5.91 Å². The molecule has 150 valence electrons. The second-order valence-corrected chi connectivity index (χ2v) is 8.69. The normalized spacial score (nSPS) is 18.9. The molecule has 0 atom stereocenters. The largest absolute Gasteiger partial charge is 0.353 e. The second-order valence-electron chi connectivity index (χ2n) is 7.86. The molecule has 2 aromatic rings. The number of carbonyl (C=O) groups excluding carboxylic acids is 1. The fraction of sp³-hybridized carbons (Fsp3) is 0.409. The van der Waals surface area contributed by atoms with Gasteiger partial charge >= 0.3 is 0 Å². The number of rotatable bonds is 3. The Hall–Kier alpha value is -2.54. The topological polar surface area (TPSA) is 52.0 Å². The summed E-state index contributed by atoms with van der Waals surface area (Å²) in [5, 5.41) is 4.34. The molecule has 3 aliphatic heterocycles. The Balaban J connectivity index is 1.25. The molecule has 0 bridgehead atoms. The zero-order valence-electron chi connectivity index (χ0n) is 16.9. The molecule has 5 rings (SSSR count). The van der Waals surface area contributed by atoms with Crippen LogP contribution in [-0.4, -0.2) is 65.1 Å². The Labute approximate surface area is 175 Å². The minimum absolute atomic E-state index is 0.211. The van der Waals surface area contributed by atoms with E-state index in [1.165, 1.54) is 16.5 Å². The van der Waals surface area contributed by atoms with Gasteiger partial charge in [0.1, 0.15) is 5.82 Å². The number of piperazine rings is 1. The minimum atomic E-state index is 0.211. The summed E-state index contributed by atoms with van der Waals surface area (Å²) >= 11 is 1.64. The first-order chi connectivity index (χ1) is 14.1. The molecule has 1 saturated heterocycles. The van der Waals surface area contributed by atoms with Crippen LogP contribution in [-0.2, 0) is 4.79 Å². The minimum Gasteiger partial charge on any atom is -0.353 e. The first-order valence-electron chi connectivity index (χ1n) is 10.2. The summed E-state index contributed by atoms with van der Waals surface area (Å²) in [5.74, 6) is 1.23. The molecule has 1 amide bonds. The summed E-state index contributed by atoms with van der Waals surface area (Å²) in [6, 6.07) is 8.51. The number of nitrogens with zero attached hydrogens (tertiary/aromatic N) is 5. The Kier molecular flexibility index (Phi) is 4.70. The number of aromatic nitrogens is 1. The maximum Gasteiger partial charge on any atom is 0.228 e. The lowest BCUT2D eigenvalue weighted by Gasteiger charge is -2.36. The average Bonchev–Trinajstić information content (AvgIpc) is 3.34. The van der Waals surface area contributed by atoms with E-state index in [9.17, 15) is 4.79 Å². The predicted octanol–water partition coefficient (Wildman–Crippen LogP) is 3.15. The van der Waals surface area contributed by atoms with E-state index in [1.807, 2.05) is 4.90 Å². The third-order valence-electron chi connectivity index (χ3n) is 5.97. The van der Waals surface area contributed by atoms with Crippen LogP contribution in [0.2, 0.25) is 0 Å². The lowest BCUT2D eigenvalue weighted by molar-refractivity contribution is -0.130. The molecular formula is C22H25N5OS. The van der Waals surface area contributed by atoms with Crippen molar-refractivity contribution in [3.63, 3.8) is 0 Å². The monoisotopic (exact) mass is 407 g/mol. The highest BCUT2D eigenvalue weighted by Crippen LogP contribution is 2.31. The quantitative estimate of drug-likeness (QED) is 0.782. The second kappa shape index (κ2) is 7.37. The van der Waals surface area contributed by atoms with E-state index in [4.69, 9.17) is 4.98 Å². The van der Waals surface area contributed by atoms with Crippen LogP contribution in [0, 0.1) is 13.8 Å². The zero-order chi connectivity index (χ0) is 20.0. The summed E-state index contributed by atoms with van der Waals surface area (Å²) in [7, 11) is 0. The summed E-state index contributed by atoms with van der Waals surface area (Å²) in [4.78, 5) is 28.7. The highest BCUT2D eigenvalue weighted by molar-refractivity contribution is 8.16. The Morgan fingerprint density at radius 1 is 1.10 bits per heavy atom. The number of benzene rings is 1. The van der Waals surface area contributed by atoms with Gasteiger partial charge in [0.25, 0.3) is 0 Å². The summed E-state index contributed by atoms with van der Waals surface area (Å²) in [6.07, 6.45) is 0.471. The van der Waals surface area contributed by atoms with Crippen molar-refractivity contribution in [1.29, 1.82) is 0 Å². The standard InChI is InChI=1S/C22H25N5OS/c1-15-4-3-5-18-16(2)12-19(24-21(15)18)25-8-10-26(11-9-25)20(28)13-17-14-29-22-23-6-7-27(17)22/h3-5,12,14H,6-11,13H2,1-2H3. The van der Waals surface area contributed by atoms with Crippen molar-refractivity contribution >= 4 is 39.6 Å². The summed E-state index contributed by atoms with van der Waals surface area (Å²) in [5.41, 5.74) is 4.63. The number of pyridine rings is 1. The van der Waals surface area contributed by atoms with Crippen molar-refractivity contribution < 1.29 is 4.79 Å². The van der Waals surface area contributed by atoms with Crippen molar-refractivity contribution in [3.8, 4) is 0 Å². The molecule has 1 aromatic heterocycles. The average molecular weight is 408 g/mol. The number of carbonyl (C=O) groups is 1. The highest BCUT2D eigenvalue weighted by Gasteiger charge is 2.30. The van der Waals surface area contributed by atoms with Crippen LogP contribution in [0.15, 0.2) is 40.4 Å². The van der Waals surface area contributed by atoms with Crippen molar-refractivity contribution in [3.05, 3.63) is 46.5 Å². The van der Waals surface area contributed by atoms with Crippen LogP contribution in [0.3, 0.4) is 0 Å². The highest BCUT2D eigenvalue weighted by atomic mass is 32.2. The fourth-order valence-corrected chi connectivity index (χ4v) is 5.23. The van der Waals surface area contributed by atoms with Gasteiger partial charge in [0.05, 0.1) is 18.5 Å². The third-order valence-corrected chi connectivity index (χ3v) is 6.92. The first kappa shape index (κ1) is 18.5. The smallest absolute Gasteiger partial charge is 0.228 e. The number of fused-ring (bicyclic) bond motifs is 2. The molecule has 29 heavy (non-hydrogen) atoms. The molecule has 0 unspecified atom stereocenters. The molecule has 0 aliphatic carbocycles. The molecule has 0 spiro atoms. The van der Waals surface area contributed by atoms with Crippen LogP contribution in [0.25, 0.3) is 10.9 Å². The van der Waals surface area contributed by atoms with Crippen LogP contribution in [0.5, 0.6) is 0 Å². The van der Waals surface area contributed by atoms with Gasteiger partial charge in [0, 0.05) is 43.8 Å². The van der Waals surface area contributed by atoms with E-state index in [2.05, 4.69) is 58.3 Å². The third kappa shape index (κ3) is 3.37. The molecule has 0 saturated carbocycles. The van der Waals surface area contributed by atoms with E-state index in [0.29, 0.717) is 6.42 Å². The van der Waals surface area contributed by atoms with Crippen molar-refractivity contribution in [1.82, 2.24) is 14.8 Å². The van der Waals surface area contributed by atoms with E-state index >= 15 is 0 Å². The van der Waals surface area contributed by atoms with E-state index in [-0.39, 0.29) is 5.91 Å². The lowest BCUT2D eigenvalue weighted by atomic mass is 10.1. The van der Waals surface area contributed by atoms with E-state index < -0.39 is 0 Å². The number of aliphatic imine (C=N–C) groups is 1. The molecular weight excluding hydrogens is 382 g/mol. The van der Waals surface area contributed by atoms with Crippen LogP contribution >= 0.6 is 11.8 Å².